The number of nitrogens with two attached hydrogens (primary N) is 1. The summed E-state index contributed by atoms with van der Waals surface area (Å²) in [4.78, 5) is 0. The lowest BCUT2D eigenvalue weighted by Gasteiger charge is -2.38. The maximum atomic E-state index is 6.19. The molecule has 2 nitrogen and oxygen atoms in total. The van der Waals surface area contributed by atoms with E-state index < -0.39 is 0 Å². The van der Waals surface area contributed by atoms with E-state index in [1.165, 1.54) is 16.7 Å². The van der Waals surface area contributed by atoms with Crippen molar-refractivity contribution in [2.45, 2.75) is 31.9 Å². The van der Waals surface area contributed by atoms with Crippen molar-refractivity contribution in [2.24, 2.45) is 5.73 Å². The molecular formula is C17H19NO. The average molecular weight is 253 g/mol. The molecule has 0 aliphatic carbocycles. The van der Waals surface area contributed by atoms with Crippen molar-refractivity contribution in [3.8, 4) is 16.9 Å². The molecule has 2 aromatic carbocycles. The first-order chi connectivity index (χ1) is 9.06. The molecule has 1 aliphatic heterocycles. The zero-order valence-corrected chi connectivity index (χ0v) is 11.4. The van der Waals surface area contributed by atoms with Crippen molar-refractivity contribution in [3.63, 3.8) is 0 Å². The van der Waals surface area contributed by atoms with E-state index in [0.717, 1.165) is 12.2 Å². The highest BCUT2D eigenvalue weighted by Crippen LogP contribution is 2.35. The summed E-state index contributed by atoms with van der Waals surface area (Å²) < 4.78 is 6.00. The molecule has 2 N–H and O–H groups in total. The Morgan fingerprint density at radius 2 is 1.79 bits per heavy atom. The van der Waals surface area contributed by atoms with Gasteiger partial charge in [0.15, 0.2) is 0 Å². The fourth-order valence-corrected chi connectivity index (χ4v) is 2.49. The van der Waals surface area contributed by atoms with Crippen molar-refractivity contribution in [3.05, 3.63) is 54.1 Å². The summed E-state index contributed by atoms with van der Waals surface area (Å²) in [6.45, 7) is 4.09. The van der Waals surface area contributed by atoms with Crippen LogP contribution in [0.3, 0.4) is 0 Å². The number of hydrogen-bond donors (Lipinski definition) is 1. The smallest absolute Gasteiger partial charge is 0.123 e. The number of rotatable bonds is 1. The average Bonchev–Trinajstić information content (AvgIpc) is 2.40. The van der Waals surface area contributed by atoms with Gasteiger partial charge in [-0.25, -0.2) is 0 Å². The molecule has 98 valence electrons. The Bertz CT molecular complexity index is 589. The summed E-state index contributed by atoms with van der Waals surface area (Å²) in [7, 11) is 0. The van der Waals surface area contributed by atoms with Crippen LogP contribution in [0.25, 0.3) is 11.1 Å². The van der Waals surface area contributed by atoms with Gasteiger partial charge < -0.3 is 10.5 Å². The summed E-state index contributed by atoms with van der Waals surface area (Å²) in [5, 5.41) is 0. The largest absolute Gasteiger partial charge is 0.486 e. The van der Waals surface area contributed by atoms with Gasteiger partial charge in [0.2, 0.25) is 0 Å². The molecule has 2 heteroatoms. The number of hydrogen-bond acceptors (Lipinski definition) is 2. The Hall–Kier alpha value is -1.80. The highest BCUT2D eigenvalue weighted by Gasteiger charge is 2.34. The van der Waals surface area contributed by atoms with Crippen LogP contribution in [0.2, 0.25) is 0 Å². The molecular weight excluding hydrogens is 234 g/mol. The highest BCUT2D eigenvalue weighted by molar-refractivity contribution is 5.66. The van der Waals surface area contributed by atoms with Crippen LogP contribution in [0.4, 0.5) is 0 Å². The van der Waals surface area contributed by atoms with Gasteiger partial charge in [0.1, 0.15) is 11.4 Å². The van der Waals surface area contributed by atoms with Gasteiger partial charge >= 0.3 is 0 Å². The van der Waals surface area contributed by atoms with E-state index in [9.17, 15) is 0 Å². The standard InChI is InChI=1S/C17H19NO/c1-17(2)16(18)11-14-10-13(8-9-15(14)19-17)12-6-4-3-5-7-12/h3-10,16H,11,18H2,1-2H3. The molecule has 0 aromatic heterocycles. The van der Waals surface area contributed by atoms with Crippen molar-refractivity contribution < 1.29 is 4.74 Å². The van der Waals surface area contributed by atoms with Crippen molar-refractivity contribution >= 4 is 0 Å². The summed E-state index contributed by atoms with van der Waals surface area (Å²) >= 11 is 0. The maximum Gasteiger partial charge on any atom is 0.123 e. The molecule has 3 rings (SSSR count). The first-order valence-corrected chi connectivity index (χ1v) is 6.69. The molecule has 0 saturated carbocycles. The third-order valence-electron chi connectivity index (χ3n) is 3.87. The number of fused-ring (bicyclic) bond motifs is 1. The topological polar surface area (TPSA) is 35.2 Å². The molecule has 0 spiro atoms. The fraction of sp³-hybridized carbons (Fsp3) is 0.294. The third-order valence-corrected chi connectivity index (χ3v) is 3.87. The van der Waals surface area contributed by atoms with E-state index in [0.29, 0.717) is 0 Å². The van der Waals surface area contributed by atoms with Gasteiger partial charge in [-0.15, -0.1) is 0 Å². The predicted molar refractivity (Wildman–Crippen MR) is 78.3 cm³/mol. The van der Waals surface area contributed by atoms with Gasteiger partial charge in [0, 0.05) is 6.04 Å². The molecule has 1 aliphatic rings. The molecule has 0 fully saturated rings. The van der Waals surface area contributed by atoms with Gasteiger partial charge in [-0.2, -0.15) is 0 Å². The van der Waals surface area contributed by atoms with Gasteiger partial charge in [-0.05, 0) is 49.1 Å². The number of ether oxygens (including phenoxy) is 1. The quantitative estimate of drug-likeness (QED) is 0.845. The van der Waals surface area contributed by atoms with Crippen LogP contribution in [-0.4, -0.2) is 11.6 Å². The zero-order valence-electron chi connectivity index (χ0n) is 11.4. The van der Waals surface area contributed by atoms with Crippen molar-refractivity contribution in [1.29, 1.82) is 0 Å². The Morgan fingerprint density at radius 3 is 2.53 bits per heavy atom. The summed E-state index contributed by atoms with van der Waals surface area (Å²) in [5.41, 5.74) is 9.55. The first-order valence-electron chi connectivity index (χ1n) is 6.69. The van der Waals surface area contributed by atoms with Gasteiger partial charge in [0.25, 0.3) is 0 Å². The van der Waals surface area contributed by atoms with Gasteiger partial charge in [-0.3, -0.25) is 0 Å². The van der Waals surface area contributed by atoms with Crippen LogP contribution in [0.5, 0.6) is 5.75 Å². The third kappa shape index (κ3) is 2.24. The van der Waals surface area contributed by atoms with Crippen LogP contribution < -0.4 is 10.5 Å². The molecule has 1 atom stereocenters. The summed E-state index contributed by atoms with van der Waals surface area (Å²) in [6, 6.07) is 16.8. The molecule has 0 radical (unpaired) electrons. The van der Waals surface area contributed by atoms with Gasteiger partial charge in [-0.1, -0.05) is 36.4 Å². The lowest BCUT2D eigenvalue weighted by Crippen LogP contribution is -2.51. The molecule has 0 bridgehead atoms. The Balaban J connectivity index is 2.00. The Labute approximate surface area is 114 Å². The van der Waals surface area contributed by atoms with E-state index >= 15 is 0 Å². The summed E-state index contributed by atoms with van der Waals surface area (Å²) in [5.74, 6) is 0.964. The van der Waals surface area contributed by atoms with E-state index in [-0.39, 0.29) is 11.6 Å². The first kappa shape index (κ1) is 12.2. The van der Waals surface area contributed by atoms with Crippen LogP contribution in [0.15, 0.2) is 48.5 Å². The highest BCUT2D eigenvalue weighted by atomic mass is 16.5. The fourth-order valence-electron chi connectivity index (χ4n) is 2.49. The number of benzene rings is 2. The van der Waals surface area contributed by atoms with E-state index in [4.69, 9.17) is 10.5 Å². The SMILES string of the molecule is CC1(C)Oc2ccc(-c3ccccc3)cc2CC1N. The Morgan fingerprint density at radius 1 is 1.05 bits per heavy atom. The van der Waals surface area contributed by atoms with Crippen molar-refractivity contribution in [1.82, 2.24) is 0 Å². The van der Waals surface area contributed by atoms with Crippen LogP contribution in [0.1, 0.15) is 19.4 Å². The lowest BCUT2D eigenvalue weighted by atomic mass is 9.88. The minimum absolute atomic E-state index is 0.0334. The zero-order chi connectivity index (χ0) is 13.5. The molecule has 19 heavy (non-hydrogen) atoms. The second kappa shape index (κ2) is 4.39. The minimum atomic E-state index is -0.290. The summed E-state index contributed by atoms with van der Waals surface area (Å²) in [6.07, 6.45) is 0.864. The maximum absolute atomic E-state index is 6.19. The lowest BCUT2D eigenvalue weighted by molar-refractivity contribution is 0.0640. The monoisotopic (exact) mass is 253 g/mol. The van der Waals surface area contributed by atoms with Crippen molar-refractivity contribution in [2.75, 3.05) is 0 Å². The Kier molecular flexibility index (Phi) is 2.83. The van der Waals surface area contributed by atoms with E-state index in [2.05, 4.69) is 42.5 Å². The van der Waals surface area contributed by atoms with Crippen LogP contribution in [0, 0.1) is 0 Å². The molecule has 1 heterocycles. The molecule has 2 aromatic rings. The molecule has 0 saturated heterocycles. The van der Waals surface area contributed by atoms with E-state index in [1.54, 1.807) is 0 Å². The molecule has 0 amide bonds. The van der Waals surface area contributed by atoms with Crippen LogP contribution in [-0.2, 0) is 6.42 Å². The van der Waals surface area contributed by atoms with Gasteiger partial charge in [0.05, 0.1) is 0 Å². The van der Waals surface area contributed by atoms with Crippen LogP contribution >= 0.6 is 0 Å². The second-order valence-electron chi connectivity index (χ2n) is 5.70. The molecule has 1 unspecified atom stereocenters. The predicted octanol–water partition coefficient (Wildman–Crippen LogP) is 3.39. The van der Waals surface area contributed by atoms with E-state index in [1.807, 2.05) is 19.9 Å². The normalized spacial score (nSPS) is 20.5. The minimum Gasteiger partial charge on any atom is -0.486 e. The second-order valence-corrected chi connectivity index (χ2v) is 5.70.